The van der Waals surface area contributed by atoms with E-state index in [0.717, 1.165) is 56.5 Å². The molecule has 2 saturated carbocycles. The largest absolute Gasteiger partial charge is 0.461 e. The number of hydrogen-bond acceptors (Lipinski definition) is 8. The molecule has 0 radical (unpaired) electrons. The van der Waals surface area contributed by atoms with E-state index in [9.17, 15) is 14.4 Å². The average molecular weight is 543 g/mol. The Kier molecular flexibility index (Phi) is 7.65. The summed E-state index contributed by atoms with van der Waals surface area (Å²) in [4.78, 5) is 42.5. The fourth-order valence-corrected chi connectivity index (χ4v) is 8.23. The molecule has 214 valence electrons. The number of nitrogens with zero attached hydrogens (tertiary/aromatic N) is 2. The van der Waals surface area contributed by atoms with Crippen molar-refractivity contribution in [2.75, 3.05) is 45.9 Å². The van der Waals surface area contributed by atoms with E-state index in [-0.39, 0.29) is 53.4 Å². The fourth-order valence-electron chi connectivity index (χ4n) is 8.23. The van der Waals surface area contributed by atoms with Crippen molar-refractivity contribution < 1.29 is 33.3 Å². The van der Waals surface area contributed by atoms with Gasteiger partial charge in [-0.15, -0.1) is 0 Å². The Morgan fingerprint density at radius 3 is 2.44 bits per heavy atom. The number of esters is 1. The van der Waals surface area contributed by atoms with Crippen molar-refractivity contribution in [3.8, 4) is 0 Å². The van der Waals surface area contributed by atoms with Crippen LogP contribution >= 0.6 is 0 Å². The first-order chi connectivity index (χ1) is 18.7. The first-order valence-electron chi connectivity index (χ1n) is 14.2. The molecule has 4 fully saturated rings. The quantitative estimate of drug-likeness (QED) is 0.278. The first kappa shape index (κ1) is 28.2. The predicted octanol–water partition coefficient (Wildman–Crippen LogP) is 3.79. The molecule has 2 aliphatic heterocycles. The van der Waals surface area contributed by atoms with E-state index >= 15 is 0 Å². The molecule has 1 aromatic carbocycles. The molecule has 5 atom stereocenters. The van der Waals surface area contributed by atoms with Gasteiger partial charge in [0, 0.05) is 69.9 Å². The van der Waals surface area contributed by atoms with Gasteiger partial charge < -0.3 is 18.9 Å². The van der Waals surface area contributed by atoms with E-state index < -0.39 is 17.7 Å². The Hall–Kier alpha value is -2.33. The topological polar surface area (TPSA) is 94.6 Å². The molecule has 2 unspecified atom stereocenters. The lowest BCUT2D eigenvalue weighted by atomic mass is 9.49. The summed E-state index contributed by atoms with van der Waals surface area (Å²) in [5, 5.41) is 0. The molecule has 1 aromatic rings. The third-order valence-electron chi connectivity index (χ3n) is 10.1. The molecule has 5 rings (SSSR count). The summed E-state index contributed by atoms with van der Waals surface area (Å²) in [7, 11) is 5.23. The highest BCUT2D eigenvalue weighted by Gasteiger charge is 2.66. The number of methoxy groups -OCH3 is 3. The van der Waals surface area contributed by atoms with Gasteiger partial charge in [-0.2, -0.15) is 0 Å². The average Bonchev–Trinajstić information content (AvgIpc) is 3.21. The Bertz CT molecular complexity index is 1120. The van der Waals surface area contributed by atoms with E-state index in [2.05, 4.69) is 11.8 Å². The van der Waals surface area contributed by atoms with Crippen molar-refractivity contribution in [3.63, 3.8) is 0 Å². The summed E-state index contributed by atoms with van der Waals surface area (Å²) in [6.07, 6.45) is 5.50. The maximum atomic E-state index is 13.5. The van der Waals surface area contributed by atoms with Crippen LogP contribution in [0.1, 0.15) is 69.2 Å². The first-order valence-corrected chi connectivity index (χ1v) is 14.2. The molecule has 39 heavy (non-hydrogen) atoms. The van der Waals surface area contributed by atoms with Gasteiger partial charge in [0.25, 0.3) is 0 Å². The summed E-state index contributed by atoms with van der Waals surface area (Å²) in [5.41, 5.74) is 0.0756. The smallest absolute Gasteiger partial charge is 0.340 e. The van der Waals surface area contributed by atoms with Crippen LogP contribution in [0.5, 0.6) is 0 Å². The third-order valence-corrected chi connectivity index (χ3v) is 10.1. The molecule has 2 bridgehead atoms. The zero-order chi connectivity index (χ0) is 28.0. The second-order valence-electron chi connectivity index (χ2n) is 11.9. The van der Waals surface area contributed by atoms with Gasteiger partial charge in [0.15, 0.2) is 5.79 Å². The number of carbonyl (C=O) groups excluding carboxylic acids is 3. The van der Waals surface area contributed by atoms with Gasteiger partial charge in [-0.3, -0.25) is 14.5 Å². The Labute approximate surface area is 231 Å². The second kappa shape index (κ2) is 10.6. The van der Waals surface area contributed by atoms with Crippen LogP contribution in [0.3, 0.4) is 0 Å². The van der Waals surface area contributed by atoms with E-state index in [1.165, 1.54) is 0 Å². The number of carbonyl (C=O) groups is 3. The van der Waals surface area contributed by atoms with Crippen LogP contribution in [0.2, 0.25) is 0 Å². The predicted molar refractivity (Wildman–Crippen MR) is 144 cm³/mol. The van der Waals surface area contributed by atoms with Crippen molar-refractivity contribution in [1.29, 1.82) is 0 Å². The maximum Gasteiger partial charge on any atom is 0.340 e. The van der Waals surface area contributed by atoms with Crippen molar-refractivity contribution in [2.45, 2.75) is 76.7 Å². The number of likely N-dealkylation sites (tertiary alicyclic amines) is 1. The number of anilines is 1. The summed E-state index contributed by atoms with van der Waals surface area (Å²) in [5.74, 6) is -2.11. The van der Waals surface area contributed by atoms with Gasteiger partial charge >= 0.3 is 5.97 Å². The monoisotopic (exact) mass is 542 g/mol. The number of fused-ring (bicyclic) bond motifs is 1. The van der Waals surface area contributed by atoms with Gasteiger partial charge in [-0.1, -0.05) is 32.4 Å². The molecular formula is C30H42N2O7. The normalized spacial score (nSPS) is 34.2. The van der Waals surface area contributed by atoms with Gasteiger partial charge in [0.2, 0.25) is 11.8 Å². The number of rotatable bonds is 8. The van der Waals surface area contributed by atoms with Crippen molar-refractivity contribution >= 4 is 23.5 Å². The van der Waals surface area contributed by atoms with Gasteiger partial charge in [0.05, 0.1) is 17.4 Å². The lowest BCUT2D eigenvalue weighted by molar-refractivity contribution is -0.293. The molecular weight excluding hydrogens is 500 g/mol. The molecule has 9 nitrogen and oxygen atoms in total. The molecule has 2 aliphatic carbocycles. The zero-order valence-corrected chi connectivity index (χ0v) is 23.9. The highest BCUT2D eigenvalue weighted by Crippen LogP contribution is 2.61. The number of ether oxygens (including phenoxy) is 4. The molecule has 4 aliphatic rings. The van der Waals surface area contributed by atoms with E-state index in [1.54, 1.807) is 52.5 Å². The fraction of sp³-hybridized carbons (Fsp3) is 0.700. The van der Waals surface area contributed by atoms with Crippen molar-refractivity contribution in [2.24, 2.45) is 16.7 Å². The highest BCUT2D eigenvalue weighted by molar-refractivity contribution is 6.22. The van der Waals surface area contributed by atoms with Crippen LogP contribution in [0.25, 0.3) is 0 Å². The van der Waals surface area contributed by atoms with Crippen LogP contribution in [-0.2, 0) is 28.5 Å². The lowest BCUT2D eigenvalue weighted by Gasteiger charge is -2.67. The van der Waals surface area contributed by atoms with Crippen LogP contribution in [0.15, 0.2) is 24.3 Å². The number of imide groups is 1. The molecule has 0 aromatic heterocycles. The minimum Gasteiger partial charge on any atom is -0.461 e. The second-order valence-corrected chi connectivity index (χ2v) is 11.9. The number of piperidine rings is 1. The van der Waals surface area contributed by atoms with Crippen molar-refractivity contribution in [1.82, 2.24) is 4.90 Å². The van der Waals surface area contributed by atoms with Gasteiger partial charge in [0.1, 0.15) is 6.61 Å². The van der Waals surface area contributed by atoms with Crippen LogP contribution < -0.4 is 4.90 Å². The van der Waals surface area contributed by atoms with E-state index in [4.69, 9.17) is 18.9 Å². The number of para-hydroxylation sites is 1. The molecule has 2 amide bonds. The maximum absolute atomic E-state index is 13.5. The Morgan fingerprint density at radius 1 is 1.05 bits per heavy atom. The molecule has 1 spiro atoms. The SMILES string of the molecule is CCN1C[C@]2(COC(=O)c3ccccc3N3C(=O)CC(C)C3=O)CCC[C@@]3(CCC(OC)(OC)CC13)[C@@H]2OC. The highest BCUT2D eigenvalue weighted by atomic mass is 16.7. The summed E-state index contributed by atoms with van der Waals surface area (Å²) in [6.45, 7) is 5.72. The van der Waals surface area contributed by atoms with Gasteiger partial charge in [-0.05, 0) is 37.9 Å². The number of benzene rings is 1. The molecule has 2 heterocycles. The molecule has 0 N–H and O–H groups in total. The zero-order valence-electron chi connectivity index (χ0n) is 23.9. The van der Waals surface area contributed by atoms with Crippen LogP contribution in [-0.4, -0.2) is 81.6 Å². The number of amides is 2. The lowest BCUT2D eigenvalue weighted by Crippen LogP contribution is -2.73. The third kappa shape index (κ3) is 4.42. The molecule has 2 saturated heterocycles. The molecule has 9 heteroatoms. The van der Waals surface area contributed by atoms with Gasteiger partial charge in [-0.25, -0.2) is 9.69 Å². The van der Waals surface area contributed by atoms with E-state index in [0.29, 0.717) is 5.69 Å². The van der Waals surface area contributed by atoms with Crippen LogP contribution in [0.4, 0.5) is 5.69 Å². The standard InChI is InChI=1S/C30H42N2O7/c1-6-31-18-28(12-9-13-29(27(28)36-3)14-15-30(37-4,38-5)17-23(29)31)19-39-26(35)21-10-7-8-11-22(21)32-24(33)16-20(2)25(32)34/h7-8,10-11,20,23,27H,6,9,12-19H2,1-5H3/t20?,23?,27-,28+,29+/m1/s1. The minimum absolute atomic E-state index is 0.0797. The number of hydrogen-bond donors (Lipinski definition) is 0. The van der Waals surface area contributed by atoms with E-state index in [1.807, 2.05) is 0 Å². The van der Waals surface area contributed by atoms with Crippen molar-refractivity contribution in [3.05, 3.63) is 29.8 Å². The Morgan fingerprint density at radius 2 is 1.79 bits per heavy atom. The summed E-state index contributed by atoms with van der Waals surface area (Å²) >= 11 is 0. The Balaban J connectivity index is 1.42. The minimum atomic E-state index is -0.600. The summed E-state index contributed by atoms with van der Waals surface area (Å²) < 4.78 is 24.2. The summed E-state index contributed by atoms with van der Waals surface area (Å²) in [6, 6.07) is 6.95. The van der Waals surface area contributed by atoms with Crippen LogP contribution in [0, 0.1) is 16.7 Å².